The third-order valence-electron chi connectivity index (χ3n) is 3.16. The number of aliphatic imine (C=N–C) groups is 1. The summed E-state index contributed by atoms with van der Waals surface area (Å²) in [5, 5.41) is 6.63. The Morgan fingerprint density at radius 1 is 1.33 bits per heavy atom. The van der Waals surface area contributed by atoms with Crippen LogP contribution in [0.25, 0.3) is 0 Å². The Bertz CT molecular complexity index is 274. The number of methoxy groups -OCH3 is 1. The highest BCUT2D eigenvalue weighted by molar-refractivity contribution is 5.79. The van der Waals surface area contributed by atoms with Crippen LogP contribution in [0.15, 0.2) is 16.6 Å². The van der Waals surface area contributed by atoms with E-state index in [1.165, 1.54) is 25.7 Å². The molecule has 0 aromatic heterocycles. The molecule has 104 valence electrons. The van der Waals surface area contributed by atoms with Crippen molar-refractivity contribution < 1.29 is 4.74 Å². The first-order valence-corrected chi connectivity index (χ1v) is 6.98. The molecular weight excluding hydrogens is 226 g/mol. The maximum absolute atomic E-state index is 5.01. The fourth-order valence-electron chi connectivity index (χ4n) is 2.12. The molecule has 1 aliphatic carbocycles. The van der Waals surface area contributed by atoms with Gasteiger partial charge >= 0.3 is 0 Å². The zero-order valence-electron chi connectivity index (χ0n) is 11.8. The van der Waals surface area contributed by atoms with E-state index in [1.54, 1.807) is 12.7 Å². The molecule has 0 aromatic carbocycles. The average molecular weight is 253 g/mol. The van der Waals surface area contributed by atoms with E-state index >= 15 is 0 Å². The number of nitrogens with one attached hydrogen (secondary N) is 2. The fraction of sp³-hybridized carbons (Fsp3) is 0.786. The molecule has 0 amide bonds. The van der Waals surface area contributed by atoms with Crippen molar-refractivity contribution in [2.75, 3.05) is 33.9 Å². The van der Waals surface area contributed by atoms with E-state index in [1.807, 2.05) is 7.05 Å². The molecule has 4 nitrogen and oxygen atoms in total. The number of hydrogen-bond donors (Lipinski definition) is 2. The molecule has 0 aromatic rings. The molecule has 18 heavy (non-hydrogen) atoms. The van der Waals surface area contributed by atoms with Crippen molar-refractivity contribution in [3.63, 3.8) is 0 Å². The number of hydrogen-bond acceptors (Lipinski definition) is 2. The lowest BCUT2D eigenvalue weighted by Gasteiger charge is -2.15. The molecule has 0 aliphatic heterocycles. The van der Waals surface area contributed by atoms with Crippen LogP contribution >= 0.6 is 0 Å². The molecule has 1 aliphatic rings. The first-order chi connectivity index (χ1) is 8.86. The van der Waals surface area contributed by atoms with Gasteiger partial charge in [0.15, 0.2) is 5.96 Å². The van der Waals surface area contributed by atoms with Crippen LogP contribution in [0.4, 0.5) is 0 Å². The van der Waals surface area contributed by atoms with E-state index in [2.05, 4.69) is 21.7 Å². The number of allylic oxidation sites excluding steroid dienone is 1. The van der Waals surface area contributed by atoms with Gasteiger partial charge in [-0.1, -0.05) is 11.6 Å². The highest BCUT2D eigenvalue weighted by Crippen LogP contribution is 2.19. The number of nitrogens with zero attached hydrogens (tertiary/aromatic N) is 1. The minimum absolute atomic E-state index is 0.789. The van der Waals surface area contributed by atoms with Crippen molar-refractivity contribution in [2.24, 2.45) is 4.99 Å². The topological polar surface area (TPSA) is 45.7 Å². The summed E-state index contributed by atoms with van der Waals surface area (Å²) in [6.45, 7) is 2.66. The summed E-state index contributed by atoms with van der Waals surface area (Å²) in [5.41, 5.74) is 1.60. The van der Waals surface area contributed by atoms with Gasteiger partial charge in [-0.05, 0) is 38.5 Å². The summed E-state index contributed by atoms with van der Waals surface area (Å²) < 4.78 is 5.01. The summed E-state index contributed by atoms with van der Waals surface area (Å²) >= 11 is 0. The Morgan fingerprint density at radius 3 is 2.83 bits per heavy atom. The molecule has 0 saturated carbocycles. The first kappa shape index (κ1) is 15.0. The smallest absolute Gasteiger partial charge is 0.190 e. The zero-order valence-corrected chi connectivity index (χ0v) is 11.8. The Labute approximate surface area is 111 Å². The summed E-state index contributed by atoms with van der Waals surface area (Å²) in [4.78, 5) is 4.20. The van der Waals surface area contributed by atoms with Crippen LogP contribution in [0, 0.1) is 0 Å². The first-order valence-electron chi connectivity index (χ1n) is 6.98. The van der Waals surface area contributed by atoms with Crippen LogP contribution in [-0.4, -0.2) is 39.8 Å². The Kier molecular flexibility index (Phi) is 8.30. The van der Waals surface area contributed by atoms with E-state index in [4.69, 9.17) is 4.74 Å². The molecule has 0 heterocycles. The summed E-state index contributed by atoms with van der Waals surface area (Å²) in [6.07, 6.45) is 9.80. The number of rotatable bonds is 7. The van der Waals surface area contributed by atoms with E-state index in [9.17, 15) is 0 Å². The molecule has 0 atom stereocenters. The second kappa shape index (κ2) is 9.95. The summed E-state index contributed by atoms with van der Waals surface area (Å²) in [5.74, 6) is 0.891. The second-order valence-electron chi connectivity index (χ2n) is 4.63. The van der Waals surface area contributed by atoms with Crippen LogP contribution in [0.5, 0.6) is 0 Å². The number of ether oxygens (including phenoxy) is 1. The quantitative estimate of drug-likeness (QED) is 0.316. The van der Waals surface area contributed by atoms with Crippen molar-refractivity contribution in [2.45, 2.75) is 38.5 Å². The Hall–Kier alpha value is -1.03. The van der Waals surface area contributed by atoms with Crippen molar-refractivity contribution in [3.05, 3.63) is 11.6 Å². The van der Waals surface area contributed by atoms with Gasteiger partial charge in [0.25, 0.3) is 0 Å². The standard InChI is InChI=1S/C14H27N3O/c1-15-14(16-10-6-12-18-2)17-11-9-13-7-4-3-5-8-13/h7H,3-6,8-12H2,1-2H3,(H2,15,16,17). The largest absolute Gasteiger partial charge is 0.385 e. The summed E-state index contributed by atoms with van der Waals surface area (Å²) in [6, 6.07) is 0. The molecule has 0 bridgehead atoms. The predicted molar refractivity (Wildman–Crippen MR) is 77.0 cm³/mol. The predicted octanol–water partition coefficient (Wildman–Crippen LogP) is 2.08. The molecule has 0 fully saturated rings. The van der Waals surface area contributed by atoms with Crippen LogP contribution in [0.2, 0.25) is 0 Å². The van der Waals surface area contributed by atoms with Gasteiger partial charge in [-0.15, -0.1) is 0 Å². The van der Waals surface area contributed by atoms with Gasteiger partial charge in [-0.25, -0.2) is 0 Å². The monoisotopic (exact) mass is 253 g/mol. The van der Waals surface area contributed by atoms with E-state index in [0.29, 0.717) is 0 Å². The fourth-order valence-corrected chi connectivity index (χ4v) is 2.12. The van der Waals surface area contributed by atoms with Crippen molar-refractivity contribution in [3.8, 4) is 0 Å². The van der Waals surface area contributed by atoms with Gasteiger partial charge < -0.3 is 15.4 Å². The molecule has 4 heteroatoms. The van der Waals surface area contributed by atoms with Crippen LogP contribution in [0.1, 0.15) is 38.5 Å². The van der Waals surface area contributed by atoms with Crippen LogP contribution < -0.4 is 10.6 Å². The van der Waals surface area contributed by atoms with E-state index in [-0.39, 0.29) is 0 Å². The summed E-state index contributed by atoms with van der Waals surface area (Å²) in [7, 11) is 3.54. The van der Waals surface area contributed by atoms with Gasteiger partial charge in [0, 0.05) is 33.9 Å². The SMILES string of the molecule is CN=C(NCCCOC)NCCC1=CCCCC1. The highest BCUT2D eigenvalue weighted by atomic mass is 16.5. The molecule has 0 saturated heterocycles. The molecule has 0 spiro atoms. The van der Waals surface area contributed by atoms with E-state index in [0.717, 1.165) is 38.5 Å². The van der Waals surface area contributed by atoms with Crippen LogP contribution in [0.3, 0.4) is 0 Å². The van der Waals surface area contributed by atoms with Crippen LogP contribution in [-0.2, 0) is 4.74 Å². The normalized spacial score (nSPS) is 16.3. The van der Waals surface area contributed by atoms with Gasteiger partial charge in [-0.3, -0.25) is 4.99 Å². The lowest BCUT2D eigenvalue weighted by atomic mass is 9.97. The minimum atomic E-state index is 0.789. The molecule has 2 N–H and O–H groups in total. The molecule has 0 radical (unpaired) electrons. The Balaban J connectivity index is 2.09. The second-order valence-corrected chi connectivity index (χ2v) is 4.63. The molecular formula is C14H27N3O. The average Bonchev–Trinajstić information content (AvgIpc) is 2.42. The number of guanidine groups is 1. The van der Waals surface area contributed by atoms with E-state index < -0.39 is 0 Å². The maximum atomic E-state index is 5.01. The van der Waals surface area contributed by atoms with Crippen molar-refractivity contribution in [1.29, 1.82) is 0 Å². The third kappa shape index (κ3) is 6.64. The lowest BCUT2D eigenvalue weighted by Crippen LogP contribution is -2.38. The Morgan fingerprint density at radius 2 is 2.17 bits per heavy atom. The third-order valence-corrected chi connectivity index (χ3v) is 3.16. The van der Waals surface area contributed by atoms with Gasteiger partial charge in [-0.2, -0.15) is 0 Å². The van der Waals surface area contributed by atoms with Gasteiger partial charge in [0.2, 0.25) is 0 Å². The minimum Gasteiger partial charge on any atom is -0.385 e. The van der Waals surface area contributed by atoms with Gasteiger partial charge in [0.1, 0.15) is 0 Å². The van der Waals surface area contributed by atoms with Crippen molar-refractivity contribution >= 4 is 5.96 Å². The van der Waals surface area contributed by atoms with Crippen molar-refractivity contribution in [1.82, 2.24) is 10.6 Å². The molecule has 0 unspecified atom stereocenters. The lowest BCUT2D eigenvalue weighted by molar-refractivity contribution is 0.195. The maximum Gasteiger partial charge on any atom is 0.190 e. The zero-order chi connectivity index (χ0) is 13.1. The molecule has 1 rings (SSSR count). The van der Waals surface area contributed by atoms with Gasteiger partial charge in [0.05, 0.1) is 0 Å². The highest BCUT2D eigenvalue weighted by Gasteiger charge is 2.03.